The fourth-order valence-electron chi connectivity index (χ4n) is 3.50. The topological polar surface area (TPSA) is 25.8 Å². The van der Waals surface area contributed by atoms with Gasteiger partial charge in [-0.3, -0.25) is 0 Å². The molecule has 2 aromatic rings. The zero-order chi connectivity index (χ0) is 19.2. The molecule has 148 valence electrons. The number of aryl methyl sites for hydroxylation is 2. The van der Waals surface area contributed by atoms with Gasteiger partial charge >= 0.3 is 0 Å². The Hall–Kier alpha value is -1.70. The molecule has 0 atom stereocenters. The molecule has 0 aliphatic rings. The van der Waals surface area contributed by atoms with Crippen molar-refractivity contribution < 1.29 is 0 Å². The average molecular weight is 367 g/mol. The van der Waals surface area contributed by atoms with Gasteiger partial charge in [-0.05, 0) is 36.8 Å². The third-order valence-electron chi connectivity index (χ3n) is 5.31. The van der Waals surface area contributed by atoms with E-state index in [1.807, 2.05) is 12.4 Å². The molecule has 0 bridgehead atoms. The molecule has 0 aliphatic carbocycles. The summed E-state index contributed by atoms with van der Waals surface area (Å²) in [5, 5.41) is 0. The van der Waals surface area contributed by atoms with Gasteiger partial charge in [-0.15, -0.1) is 0 Å². The van der Waals surface area contributed by atoms with Crippen molar-refractivity contribution in [3.05, 3.63) is 47.8 Å². The van der Waals surface area contributed by atoms with E-state index in [4.69, 9.17) is 0 Å². The molecule has 0 radical (unpaired) electrons. The van der Waals surface area contributed by atoms with Gasteiger partial charge in [0.1, 0.15) is 0 Å². The van der Waals surface area contributed by atoms with E-state index >= 15 is 0 Å². The van der Waals surface area contributed by atoms with Gasteiger partial charge in [0.05, 0.1) is 0 Å². The van der Waals surface area contributed by atoms with Crippen LogP contribution in [0.25, 0.3) is 11.4 Å². The van der Waals surface area contributed by atoms with Gasteiger partial charge in [-0.2, -0.15) is 0 Å². The van der Waals surface area contributed by atoms with Gasteiger partial charge in [-0.25, -0.2) is 9.97 Å². The smallest absolute Gasteiger partial charge is 0.159 e. The van der Waals surface area contributed by atoms with Crippen molar-refractivity contribution in [3.8, 4) is 11.4 Å². The lowest BCUT2D eigenvalue weighted by Crippen LogP contribution is -1.94. The van der Waals surface area contributed by atoms with Crippen LogP contribution in [0.15, 0.2) is 36.7 Å². The summed E-state index contributed by atoms with van der Waals surface area (Å²) in [4.78, 5) is 9.19. The summed E-state index contributed by atoms with van der Waals surface area (Å²) >= 11 is 0. The lowest BCUT2D eigenvalue weighted by Gasteiger charge is -2.05. The number of hydrogen-bond donors (Lipinski definition) is 0. The van der Waals surface area contributed by atoms with E-state index in [0.717, 1.165) is 17.8 Å². The van der Waals surface area contributed by atoms with Crippen LogP contribution in [0, 0.1) is 0 Å². The highest BCUT2D eigenvalue weighted by Crippen LogP contribution is 2.17. The summed E-state index contributed by atoms with van der Waals surface area (Å²) in [5.41, 5.74) is 3.81. The van der Waals surface area contributed by atoms with Crippen molar-refractivity contribution in [2.75, 3.05) is 0 Å². The molecule has 0 N–H and O–H groups in total. The summed E-state index contributed by atoms with van der Waals surface area (Å²) in [6, 6.07) is 8.80. The first-order chi connectivity index (χ1) is 13.3. The Morgan fingerprint density at radius 2 is 1.04 bits per heavy atom. The standard InChI is InChI=1S/C25H38N2/c1-3-5-7-9-10-11-13-15-23-20-26-25(27-21-23)24-18-16-22(17-19-24)14-12-8-6-4-2/h16-21H,3-15H2,1-2H3. The minimum absolute atomic E-state index is 0.843. The average Bonchev–Trinajstić information content (AvgIpc) is 2.71. The predicted molar refractivity (Wildman–Crippen MR) is 117 cm³/mol. The van der Waals surface area contributed by atoms with E-state index in [1.165, 1.54) is 88.2 Å². The van der Waals surface area contributed by atoms with Crippen LogP contribution in [0.4, 0.5) is 0 Å². The van der Waals surface area contributed by atoms with Crippen LogP contribution < -0.4 is 0 Å². The molecular formula is C25H38N2. The van der Waals surface area contributed by atoms with Gasteiger partial charge in [0.25, 0.3) is 0 Å². The van der Waals surface area contributed by atoms with E-state index < -0.39 is 0 Å². The maximum absolute atomic E-state index is 4.59. The highest BCUT2D eigenvalue weighted by atomic mass is 14.9. The Morgan fingerprint density at radius 3 is 1.63 bits per heavy atom. The Kier molecular flexibility index (Phi) is 10.8. The molecule has 0 unspecified atom stereocenters. The highest BCUT2D eigenvalue weighted by Gasteiger charge is 2.03. The van der Waals surface area contributed by atoms with Gasteiger partial charge in [0, 0.05) is 18.0 Å². The summed E-state index contributed by atoms with van der Waals surface area (Å²) in [6.45, 7) is 4.53. The molecule has 27 heavy (non-hydrogen) atoms. The zero-order valence-electron chi connectivity index (χ0n) is 17.6. The summed E-state index contributed by atoms with van der Waals surface area (Å²) in [7, 11) is 0. The lowest BCUT2D eigenvalue weighted by molar-refractivity contribution is 0.589. The fraction of sp³-hybridized carbons (Fsp3) is 0.600. The first-order valence-corrected chi connectivity index (χ1v) is 11.2. The summed E-state index contributed by atoms with van der Waals surface area (Å²) in [5.74, 6) is 0.843. The minimum Gasteiger partial charge on any atom is -0.236 e. The van der Waals surface area contributed by atoms with Crippen molar-refractivity contribution in [3.63, 3.8) is 0 Å². The maximum atomic E-state index is 4.59. The molecule has 2 heteroatoms. The Balaban J connectivity index is 1.72. The zero-order valence-corrected chi connectivity index (χ0v) is 17.6. The minimum atomic E-state index is 0.843. The van der Waals surface area contributed by atoms with E-state index in [0.29, 0.717) is 0 Å². The van der Waals surface area contributed by atoms with E-state index in [9.17, 15) is 0 Å². The second kappa shape index (κ2) is 13.5. The predicted octanol–water partition coefficient (Wildman–Crippen LogP) is 7.56. The Bertz CT molecular complexity index is 601. The van der Waals surface area contributed by atoms with E-state index in [2.05, 4.69) is 48.1 Å². The van der Waals surface area contributed by atoms with Crippen LogP contribution in [0.1, 0.15) is 95.6 Å². The van der Waals surface area contributed by atoms with Crippen molar-refractivity contribution in [1.29, 1.82) is 0 Å². The fourth-order valence-corrected chi connectivity index (χ4v) is 3.50. The molecule has 0 saturated carbocycles. The molecule has 0 amide bonds. The van der Waals surface area contributed by atoms with Crippen LogP contribution in [0.3, 0.4) is 0 Å². The van der Waals surface area contributed by atoms with Crippen LogP contribution in [0.5, 0.6) is 0 Å². The molecule has 2 rings (SSSR count). The SMILES string of the molecule is CCCCCCCCCc1cnc(-c2ccc(CCCCCC)cc2)nc1. The van der Waals surface area contributed by atoms with E-state index in [-0.39, 0.29) is 0 Å². The van der Waals surface area contributed by atoms with Gasteiger partial charge < -0.3 is 0 Å². The van der Waals surface area contributed by atoms with Crippen molar-refractivity contribution >= 4 is 0 Å². The van der Waals surface area contributed by atoms with Crippen molar-refractivity contribution in [1.82, 2.24) is 9.97 Å². The Labute approximate surface area is 166 Å². The molecule has 1 aromatic heterocycles. The van der Waals surface area contributed by atoms with E-state index in [1.54, 1.807) is 0 Å². The van der Waals surface area contributed by atoms with Crippen LogP contribution in [0.2, 0.25) is 0 Å². The molecule has 1 aromatic carbocycles. The molecule has 0 spiro atoms. The Morgan fingerprint density at radius 1 is 0.556 bits per heavy atom. The third kappa shape index (κ3) is 8.69. The first-order valence-electron chi connectivity index (χ1n) is 11.2. The van der Waals surface area contributed by atoms with Crippen LogP contribution in [-0.4, -0.2) is 9.97 Å². The molecular weight excluding hydrogens is 328 g/mol. The highest BCUT2D eigenvalue weighted by molar-refractivity contribution is 5.55. The van der Waals surface area contributed by atoms with Gasteiger partial charge in [-0.1, -0.05) is 95.9 Å². The van der Waals surface area contributed by atoms with Crippen LogP contribution in [-0.2, 0) is 12.8 Å². The van der Waals surface area contributed by atoms with Gasteiger partial charge in [0.15, 0.2) is 5.82 Å². The third-order valence-corrected chi connectivity index (χ3v) is 5.31. The number of nitrogens with zero attached hydrogens (tertiary/aromatic N) is 2. The van der Waals surface area contributed by atoms with Crippen LogP contribution >= 0.6 is 0 Å². The largest absolute Gasteiger partial charge is 0.236 e. The lowest BCUT2D eigenvalue weighted by atomic mass is 10.0. The molecule has 0 fully saturated rings. The number of benzene rings is 1. The molecule has 1 heterocycles. The maximum Gasteiger partial charge on any atom is 0.159 e. The second-order valence-corrected chi connectivity index (χ2v) is 7.79. The number of hydrogen-bond acceptors (Lipinski definition) is 2. The summed E-state index contributed by atoms with van der Waals surface area (Å²) < 4.78 is 0. The van der Waals surface area contributed by atoms with Gasteiger partial charge in [0.2, 0.25) is 0 Å². The second-order valence-electron chi connectivity index (χ2n) is 7.79. The molecule has 2 nitrogen and oxygen atoms in total. The number of aromatic nitrogens is 2. The van der Waals surface area contributed by atoms with Crippen molar-refractivity contribution in [2.45, 2.75) is 97.3 Å². The molecule has 0 aliphatic heterocycles. The van der Waals surface area contributed by atoms with Crippen molar-refractivity contribution in [2.24, 2.45) is 0 Å². The quantitative estimate of drug-likeness (QED) is 0.322. The first kappa shape index (κ1) is 21.6. The molecule has 0 saturated heterocycles. The summed E-state index contributed by atoms with van der Waals surface area (Å²) in [6.07, 6.45) is 21.0. The number of unbranched alkanes of at least 4 members (excludes halogenated alkanes) is 9. The normalized spacial score (nSPS) is 11.0. The monoisotopic (exact) mass is 366 g/mol. The number of rotatable bonds is 14.